The molecule has 142 valence electrons. The van der Waals surface area contributed by atoms with Crippen LogP contribution < -0.4 is 0 Å². The second kappa shape index (κ2) is 6.08. The third-order valence-corrected chi connectivity index (χ3v) is 5.18. The molecule has 2 aromatic carbocycles. The first kappa shape index (κ1) is 18.0. The van der Waals surface area contributed by atoms with Gasteiger partial charge < -0.3 is 10.2 Å². The lowest BCUT2D eigenvalue weighted by Gasteiger charge is -2.44. The number of nitrogens with zero attached hydrogens (tertiary/aromatic N) is 2. The van der Waals surface area contributed by atoms with Gasteiger partial charge in [0.25, 0.3) is 23.6 Å². The normalized spacial score (nSPS) is 17.2. The van der Waals surface area contributed by atoms with E-state index in [1.165, 1.54) is 31.2 Å². The number of amides is 4. The second-order valence-corrected chi connectivity index (χ2v) is 6.75. The largest absolute Gasteiger partial charge is 0.396 e. The SMILES string of the molecule is CC(CO)C(O)(N1C(=O)c2ccccc2C1=O)N1C(=O)c2ccccc2C1=O. The summed E-state index contributed by atoms with van der Waals surface area (Å²) in [5, 5.41) is 21.2. The van der Waals surface area contributed by atoms with Crippen LogP contribution in [0.4, 0.5) is 0 Å². The standard InChI is InChI=1S/C20H16N2O6/c1-11(10-23)20(28,21-16(24)12-6-2-3-7-13(12)17(21)25)22-18(26)14-8-4-5-9-15(14)19(22)27/h2-9,11,23,28H,10H2,1H3. The molecule has 0 bridgehead atoms. The van der Waals surface area contributed by atoms with Crippen LogP contribution in [0.5, 0.6) is 0 Å². The highest BCUT2D eigenvalue weighted by Gasteiger charge is 2.60. The number of fused-ring (bicyclic) bond motifs is 2. The van der Waals surface area contributed by atoms with E-state index in [0.717, 1.165) is 0 Å². The van der Waals surface area contributed by atoms with Crippen molar-refractivity contribution in [3.8, 4) is 0 Å². The van der Waals surface area contributed by atoms with Gasteiger partial charge in [0, 0.05) is 5.92 Å². The van der Waals surface area contributed by atoms with Gasteiger partial charge in [0.15, 0.2) is 0 Å². The molecule has 4 amide bonds. The Kier molecular flexibility index (Phi) is 3.91. The van der Waals surface area contributed by atoms with Crippen molar-refractivity contribution in [2.75, 3.05) is 6.61 Å². The third kappa shape index (κ3) is 2.12. The van der Waals surface area contributed by atoms with Crippen LogP contribution in [0.3, 0.4) is 0 Å². The van der Waals surface area contributed by atoms with Crippen molar-refractivity contribution in [3.05, 3.63) is 70.8 Å². The molecule has 2 heterocycles. The van der Waals surface area contributed by atoms with E-state index in [2.05, 4.69) is 0 Å². The number of aliphatic hydroxyl groups is 2. The number of rotatable bonds is 4. The summed E-state index contributed by atoms with van der Waals surface area (Å²) in [5.41, 5.74) is 0.195. The Hall–Kier alpha value is -3.36. The van der Waals surface area contributed by atoms with Crippen molar-refractivity contribution in [1.29, 1.82) is 0 Å². The molecule has 8 heteroatoms. The number of aliphatic hydroxyl groups excluding tert-OH is 1. The lowest BCUT2D eigenvalue weighted by molar-refractivity contribution is -0.182. The quantitative estimate of drug-likeness (QED) is 0.760. The molecule has 2 aliphatic heterocycles. The zero-order valence-electron chi connectivity index (χ0n) is 14.8. The highest BCUT2D eigenvalue weighted by molar-refractivity contribution is 6.24. The van der Waals surface area contributed by atoms with Crippen molar-refractivity contribution >= 4 is 23.6 Å². The van der Waals surface area contributed by atoms with Crippen LogP contribution in [0.2, 0.25) is 0 Å². The van der Waals surface area contributed by atoms with E-state index in [0.29, 0.717) is 9.80 Å². The van der Waals surface area contributed by atoms with E-state index in [1.54, 1.807) is 24.3 Å². The zero-order chi connectivity index (χ0) is 20.2. The van der Waals surface area contributed by atoms with Crippen molar-refractivity contribution in [2.24, 2.45) is 5.92 Å². The molecule has 2 aromatic rings. The highest BCUT2D eigenvalue weighted by atomic mass is 16.4. The predicted molar refractivity (Wildman–Crippen MR) is 95.1 cm³/mol. The first-order valence-electron chi connectivity index (χ1n) is 8.63. The highest BCUT2D eigenvalue weighted by Crippen LogP contribution is 2.39. The molecular weight excluding hydrogens is 364 g/mol. The smallest absolute Gasteiger partial charge is 0.265 e. The van der Waals surface area contributed by atoms with E-state index in [9.17, 15) is 29.4 Å². The van der Waals surface area contributed by atoms with Crippen LogP contribution >= 0.6 is 0 Å². The summed E-state index contributed by atoms with van der Waals surface area (Å²) in [5.74, 6) is -7.27. The van der Waals surface area contributed by atoms with Crippen LogP contribution in [0.25, 0.3) is 0 Å². The van der Waals surface area contributed by atoms with E-state index >= 15 is 0 Å². The number of imide groups is 2. The maximum Gasteiger partial charge on any atom is 0.265 e. The Labute approximate surface area is 159 Å². The molecule has 2 N–H and O–H groups in total. The Morgan fingerprint density at radius 1 is 0.750 bits per heavy atom. The summed E-state index contributed by atoms with van der Waals surface area (Å²) in [6.45, 7) is 0.657. The monoisotopic (exact) mass is 380 g/mol. The van der Waals surface area contributed by atoms with Crippen molar-refractivity contribution in [2.45, 2.75) is 12.8 Å². The van der Waals surface area contributed by atoms with Gasteiger partial charge in [-0.05, 0) is 24.3 Å². The molecule has 0 radical (unpaired) electrons. The topological polar surface area (TPSA) is 115 Å². The number of carbonyl (C=O) groups is 4. The fourth-order valence-corrected chi connectivity index (χ4v) is 3.64. The Bertz CT molecular complexity index is 901. The molecule has 0 fully saturated rings. The molecule has 2 aliphatic rings. The third-order valence-electron chi connectivity index (χ3n) is 5.18. The van der Waals surface area contributed by atoms with Crippen LogP contribution in [-0.4, -0.2) is 56.1 Å². The molecule has 0 aromatic heterocycles. The first-order valence-corrected chi connectivity index (χ1v) is 8.63. The molecule has 1 unspecified atom stereocenters. The number of benzene rings is 2. The van der Waals surface area contributed by atoms with E-state index < -0.39 is 42.0 Å². The predicted octanol–water partition coefficient (Wildman–Crippen LogP) is 0.853. The maximum atomic E-state index is 12.9. The molecular formula is C20H16N2O6. The molecule has 28 heavy (non-hydrogen) atoms. The fraction of sp³-hybridized carbons (Fsp3) is 0.200. The van der Waals surface area contributed by atoms with E-state index in [1.807, 2.05) is 0 Å². The van der Waals surface area contributed by atoms with Crippen molar-refractivity contribution < 1.29 is 29.4 Å². The minimum absolute atomic E-state index is 0.0488. The van der Waals surface area contributed by atoms with Gasteiger partial charge in [-0.25, -0.2) is 9.80 Å². The number of hydrogen-bond acceptors (Lipinski definition) is 6. The average Bonchev–Trinajstić information content (AvgIpc) is 3.12. The Balaban J connectivity index is 1.89. The average molecular weight is 380 g/mol. The first-order chi connectivity index (χ1) is 13.3. The van der Waals surface area contributed by atoms with Gasteiger partial charge in [-0.1, -0.05) is 31.2 Å². The number of hydrogen-bond donors (Lipinski definition) is 2. The van der Waals surface area contributed by atoms with E-state index in [4.69, 9.17) is 0 Å². The van der Waals surface area contributed by atoms with Crippen molar-refractivity contribution in [3.63, 3.8) is 0 Å². The Morgan fingerprint density at radius 3 is 1.29 bits per heavy atom. The maximum absolute atomic E-state index is 12.9. The summed E-state index contributed by atoms with van der Waals surface area (Å²) in [6.07, 6.45) is 0. The molecule has 8 nitrogen and oxygen atoms in total. The summed E-state index contributed by atoms with van der Waals surface area (Å²) in [4.78, 5) is 52.7. The fourth-order valence-electron chi connectivity index (χ4n) is 3.64. The molecule has 1 atom stereocenters. The summed E-state index contributed by atoms with van der Waals surface area (Å²) in [6, 6.07) is 11.9. The van der Waals surface area contributed by atoms with Crippen molar-refractivity contribution in [1.82, 2.24) is 9.80 Å². The Morgan fingerprint density at radius 2 is 1.04 bits per heavy atom. The van der Waals surface area contributed by atoms with Crippen LogP contribution in [0.1, 0.15) is 48.4 Å². The lowest BCUT2D eigenvalue weighted by Crippen LogP contribution is -2.68. The minimum atomic E-state index is -2.67. The molecule has 0 aliphatic carbocycles. The lowest BCUT2D eigenvalue weighted by atomic mass is 10.0. The molecule has 0 spiro atoms. The van der Waals surface area contributed by atoms with Gasteiger partial charge in [-0.15, -0.1) is 0 Å². The van der Waals surface area contributed by atoms with Gasteiger partial charge in [-0.3, -0.25) is 19.2 Å². The summed E-state index contributed by atoms with van der Waals surface area (Å²) >= 11 is 0. The summed E-state index contributed by atoms with van der Waals surface area (Å²) < 4.78 is 0. The van der Waals surface area contributed by atoms with Gasteiger partial charge in [0.2, 0.25) is 5.85 Å². The van der Waals surface area contributed by atoms with Gasteiger partial charge in [0.05, 0.1) is 28.9 Å². The van der Waals surface area contributed by atoms with E-state index in [-0.39, 0.29) is 22.3 Å². The van der Waals surface area contributed by atoms with Crippen LogP contribution in [-0.2, 0) is 0 Å². The zero-order valence-corrected chi connectivity index (χ0v) is 14.8. The van der Waals surface area contributed by atoms with Gasteiger partial charge in [-0.2, -0.15) is 0 Å². The second-order valence-electron chi connectivity index (χ2n) is 6.75. The summed E-state index contributed by atoms with van der Waals surface area (Å²) in [7, 11) is 0. The molecule has 0 saturated heterocycles. The van der Waals surface area contributed by atoms with Crippen LogP contribution in [0.15, 0.2) is 48.5 Å². The van der Waals surface area contributed by atoms with Gasteiger partial charge in [0.1, 0.15) is 0 Å². The molecule has 0 saturated carbocycles. The minimum Gasteiger partial charge on any atom is -0.396 e. The number of carbonyl (C=O) groups excluding carboxylic acids is 4. The van der Waals surface area contributed by atoms with Crippen LogP contribution in [0, 0.1) is 5.92 Å². The molecule has 4 rings (SSSR count). The van der Waals surface area contributed by atoms with Gasteiger partial charge >= 0.3 is 0 Å².